The molecule has 0 aromatic heterocycles. The van der Waals surface area contributed by atoms with Crippen LogP contribution < -0.4 is 5.32 Å². The quantitative estimate of drug-likeness (QED) is 0.169. The van der Waals surface area contributed by atoms with Crippen LogP contribution in [0.15, 0.2) is 52.7 Å². The number of esters is 2. The molecule has 2 aromatic carbocycles. The molecule has 1 N–H and O–H groups in total. The van der Waals surface area contributed by atoms with Gasteiger partial charge in [0.15, 0.2) is 5.78 Å². The fraction of sp³-hybridized carbons (Fsp3) is 0.273. The SMILES string of the molecule is CCOC(=O)C(N=Nc1ccc(Cl)cc1C(=O)c1ccccc1F)(NC(=O)CCl)C(=O)OCC. The number of benzene rings is 2. The van der Waals surface area contributed by atoms with E-state index in [0.717, 1.165) is 6.07 Å². The van der Waals surface area contributed by atoms with Gasteiger partial charge in [-0.1, -0.05) is 23.7 Å². The third-order valence-electron chi connectivity index (χ3n) is 4.21. The number of amides is 1. The van der Waals surface area contributed by atoms with Gasteiger partial charge >= 0.3 is 17.6 Å². The Labute approximate surface area is 204 Å². The fourth-order valence-corrected chi connectivity index (χ4v) is 2.93. The summed E-state index contributed by atoms with van der Waals surface area (Å²) in [5.41, 5.74) is -3.35. The van der Waals surface area contributed by atoms with Crippen LogP contribution in [0.5, 0.6) is 0 Å². The van der Waals surface area contributed by atoms with Crippen LogP contribution in [0, 0.1) is 5.82 Å². The summed E-state index contributed by atoms with van der Waals surface area (Å²) in [5, 5.41) is 9.79. The molecule has 0 unspecified atom stereocenters. The number of ether oxygens (including phenoxy) is 2. The van der Waals surface area contributed by atoms with Gasteiger partial charge in [-0.3, -0.25) is 9.59 Å². The number of hydrogen-bond donors (Lipinski definition) is 1. The van der Waals surface area contributed by atoms with Crippen LogP contribution in [0.3, 0.4) is 0 Å². The third-order valence-corrected chi connectivity index (χ3v) is 4.69. The van der Waals surface area contributed by atoms with E-state index >= 15 is 0 Å². The highest BCUT2D eigenvalue weighted by molar-refractivity contribution is 6.31. The first kappa shape index (κ1) is 26.9. The molecule has 0 saturated heterocycles. The van der Waals surface area contributed by atoms with Crippen molar-refractivity contribution in [3.05, 3.63) is 64.4 Å². The summed E-state index contributed by atoms with van der Waals surface area (Å²) in [7, 11) is 0. The summed E-state index contributed by atoms with van der Waals surface area (Å²) in [6, 6.07) is 9.10. The number of nitrogens with one attached hydrogen (secondary N) is 1. The predicted octanol–water partition coefficient (Wildman–Crippen LogP) is 3.97. The number of rotatable bonds is 10. The van der Waals surface area contributed by atoms with Crippen molar-refractivity contribution in [2.24, 2.45) is 10.2 Å². The van der Waals surface area contributed by atoms with Gasteiger partial charge in [0.2, 0.25) is 5.91 Å². The van der Waals surface area contributed by atoms with Gasteiger partial charge in [-0.15, -0.1) is 16.7 Å². The lowest BCUT2D eigenvalue weighted by molar-refractivity contribution is -0.167. The summed E-state index contributed by atoms with van der Waals surface area (Å²) in [6.45, 7) is 2.62. The average molecular weight is 512 g/mol. The summed E-state index contributed by atoms with van der Waals surface area (Å²) < 4.78 is 24.0. The first-order valence-corrected chi connectivity index (χ1v) is 10.8. The van der Waals surface area contributed by atoms with E-state index < -0.39 is 41.0 Å². The lowest BCUT2D eigenvalue weighted by Gasteiger charge is -2.24. The number of nitrogens with zero attached hydrogens (tertiary/aromatic N) is 2. The fourth-order valence-electron chi connectivity index (χ4n) is 2.69. The molecular formula is C22H20Cl2FN3O6. The number of alkyl halides is 1. The zero-order valence-electron chi connectivity index (χ0n) is 18.1. The highest BCUT2D eigenvalue weighted by atomic mass is 35.5. The Balaban J connectivity index is 2.65. The number of halogens is 3. The largest absolute Gasteiger partial charge is 0.462 e. The zero-order valence-corrected chi connectivity index (χ0v) is 19.7. The Morgan fingerprint density at radius 1 is 1.00 bits per heavy atom. The molecule has 0 heterocycles. The van der Waals surface area contributed by atoms with Crippen molar-refractivity contribution in [1.82, 2.24) is 5.32 Å². The first-order valence-electron chi connectivity index (χ1n) is 9.93. The summed E-state index contributed by atoms with van der Waals surface area (Å²) in [4.78, 5) is 50.5. The molecule has 0 atom stereocenters. The van der Waals surface area contributed by atoms with Crippen molar-refractivity contribution in [3.8, 4) is 0 Å². The Kier molecular flexibility index (Phi) is 9.64. The van der Waals surface area contributed by atoms with Gasteiger partial charge < -0.3 is 14.8 Å². The van der Waals surface area contributed by atoms with Crippen molar-refractivity contribution >= 4 is 52.5 Å². The summed E-state index contributed by atoms with van der Waals surface area (Å²) in [6.07, 6.45) is 0. The molecule has 1 amide bonds. The molecule has 2 rings (SSSR count). The maximum absolute atomic E-state index is 14.2. The number of ketones is 1. The molecule has 0 radical (unpaired) electrons. The molecule has 12 heteroatoms. The highest BCUT2D eigenvalue weighted by Gasteiger charge is 2.52. The topological polar surface area (TPSA) is 123 Å². The van der Waals surface area contributed by atoms with Gasteiger partial charge in [-0.2, -0.15) is 5.11 Å². The van der Waals surface area contributed by atoms with E-state index in [1.807, 2.05) is 0 Å². The normalized spacial score (nSPS) is 11.2. The van der Waals surface area contributed by atoms with Crippen LogP contribution in [0.25, 0.3) is 0 Å². The second kappa shape index (κ2) is 12.2. The molecule has 34 heavy (non-hydrogen) atoms. The van der Waals surface area contributed by atoms with E-state index in [0.29, 0.717) is 0 Å². The van der Waals surface area contributed by atoms with Crippen LogP contribution in [-0.4, -0.2) is 48.4 Å². The van der Waals surface area contributed by atoms with Crippen LogP contribution in [0.1, 0.15) is 29.8 Å². The Morgan fingerprint density at radius 2 is 1.62 bits per heavy atom. The van der Waals surface area contributed by atoms with Crippen LogP contribution in [0.4, 0.5) is 10.1 Å². The second-order valence-corrected chi connectivity index (χ2v) is 7.21. The molecular weight excluding hydrogens is 492 g/mol. The van der Waals surface area contributed by atoms with E-state index in [-0.39, 0.29) is 35.1 Å². The molecule has 0 aliphatic carbocycles. The molecule has 0 fully saturated rings. The smallest absolute Gasteiger partial charge is 0.369 e. The van der Waals surface area contributed by atoms with E-state index in [9.17, 15) is 23.6 Å². The van der Waals surface area contributed by atoms with E-state index in [1.54, 1.807) is 0 Å². The molecule has 0 saturated carbocycles. The molecule has 2 aromatic rings. The Morgan fingerprint density at radius 3 is 2.18 bits per heavy atom. The maximum Gasteiger partial charge on any atom is 0.369 e. The monoisotopic (exact) mass is 511 g/mol. The maximum atomic E-state index is 14.2. The zero-order chi connectivity index (χ0) is 25.3. The predicted molar refractivity (Wildman–Crippen MR) is 121 cm³/mol. The minimum Gasteiger partial charge on any atom is -0.462 e. The van der Waals surface area contributed by atoms with Crippen molar-refractivity contribution in [1.29, 1.82) is 0 Å². The van der Waals surface area contributed by atoms with E-state index in [4.69, 9.17) is 32.7 Å². The molecule has 0 bridgehead atoms. The lowest BCUT2D eigenvalue weighted by atomic mass is 10.0. The Hall–Kier alpha value is -3.37. The standard InChI is InChI=1S/C22H20Cl2FN3O6/c1-3-33-20(31)22(21(32)34-4-2,26-18(29)12-23)28-27-17-10-9-13(24)11-15(17)19(30)14-7-5-6-8-16(14)25/h5-11H,3-4,12H2,1-2H3,(H,26,29). The number of carbonyl (C=O) groups is 4. The minimum atomic E-state index is -2.74. The van der Waals surface area contributed by atoms with Crippen molar-refractivity contribution in [2.75, 3.05) is 19.1 Å². The lowest BCUT2D eigenvalue weighted by Crippen LogP contribution is -2.60. The van der Waals surface area contributed by atoms with Gasteiger partial charge in [-0.05, 0) is 44.2 Å². The number of carbonyl (C=O) groups excluding carboxylic acids is 4. The van der Waals surface area contributed by atoms with Crippen molar-refractivity contribution < 1.29 is 33.0 Å². The van der Waals surface area contributed by atoms with E-state index in [2.05, 4.69) is 15.5 Å². The molecule has 0 spiro atoms. The van der Waals surface area contributed by atoms with Crippen LogP contribution in [0.2, 0.25) is 5.02 Å². The third kappa shape index (κ3) is 6.15. The molecule has 9 nitrogen and oxygen atoms in total. The van der Waals surface area contributed by atoms with Gasteiger partial charge in [0.1, 0.15) is 11.7 Å². The highest BCUT2D eigenvalue weighted by Crippen LogP contribution is 2.28. The van der Waals surface area contributed by atoms with E-state index in [1.165, 1.54) is 50.2 Å². The van der Waals surface area contributed by atoms with Crippen molar-refractivity contribution in [2.45, 2.75) is 19.5 Å². The first-order chi connectivity index (χ1) is 16.2. The van der Waals surface area contributed by atoms with Crippen molar-refractivity contribution in [3.63, 3.8) is 0 Å². The number of azo groups is 1. The van der Waals surface area contributed by atoms with Gasteiger partial charge in [0.05, 0.1) is 30.0 Å². The average Bonchev–Trinajstić information content (AvgIpc) is 2.82. The minimum absolute atomic E-state index is 0.135. The second-order valence-electron chi connectivity index (χ2n) is 6.50. The van der Waals surface area contributed by atoms with Gasteiger partial charge in [0.25, 0.3) is 0 Å². The van der Waals surface area contributed by atoms with Crippen LogP contribution in [-0.2, 0) is 23.9 Å². The molecule has 0 aliphatic heterocycles. The number of hydrogen-bond acceptors (Lipinski definition) is 8. The van der Waals surface area contributed by atoms with Gasteiger partial charge in [0, 0.05) is 5.02 Å². The summed E-state index contributed by atoms with van der Waals surface area (Å²) in [5.74, 6) is -5.69. The molecule has 0 aliphatic rings. The molecule has 180 valence electrons. The Bertz CT molecular complexity index is 1110. The van der Waals surface area contributed by atoms with Gasteiger partial charge in [-0.25, -0.2) is 14.0 Å². The summed E-state index contributed by atoms with van der Waals surface area (Å²) >= 11 is 11.5. The van der Waals surface area contributed by atoms with Crippen LogP contribution >= 0.6 is 23.2 Å².